The molecule has 3 nitrogen and oxygen atoms in total. The predicted molar refractivity (Wildman–Crippen MR) is 82.7 cm³/mol. The molecule has 1 aromatic heterocycles. The first-order chi connectivity index (χ1) is 10.1. The lowest BCUT2D eigenvalue weighted by Crippen LogP contribution is -2.08. The van der Waals surface area contributed by atoms with E-state index in [4.69, 9.17) is 0 Å². The molecule has 3 aromatic rings. The molecule has 1 unspecified atom stereocenters. The summed E-state index contributed by atoms with van der Waals surface area (Å²) < 4.78 is 13.0. The van der Waals surface area contributed by atoms with Crippen LogP contribution in [0.5, 0.6) is 0 Å². The van der Waals surface area contributed by atoms with E-state index in [-0.39, 0.29) is 11.9 Å². The summed E-state index contributed by atoms with van der Waals surface area (Å²) in [6.45, 7) is 4.07. The van der Waals surface area contributed by atoms with Crippen LogP contribution in [-0.4, -0.2) is 9.97 Å². The Morgan fingerprint density at radius 3 is 2.57 bits per heavy atom. The molecule has 0 radical (unpaired) electrons. The molecular formula is C17H16FN3. The van der Waals surface area contributed by atoms with Gasteiger partial charge in [-0.2, -0.15) is 0 Å². The summed E-state index contributed by atoms with van der Waals surface area (Å²) >= 11 is 0. The summed E-state index contributed by atoms with van der Waals surface area (Å²) in [5, 5.41) is 4.37. The first-order valence-electron chi connectivity index (χ1n) is 6.87. The number of halogens is 1. The van der Waals surface area contributed by atoms with Crippen LogP contribution in [0.3, 0.4) is 0 Å². The van der Waals surface area contributed by atoms with Gasteiger partial charge in [0, 0.05) is 11.4 Å². The van der Waals surface area contributed by atoms with Crippen molar-refractivity contribution in [2.45, 2.75) is 19.9 Å². The third-order valence-electron chi connectivity index (χ3n) is 3.51. The van der Waals surface area contributed by atoms with E-state index in [9.17, 15) is 4.39 Å². The SMILES string of the molecule is Cc1ccc2ncnc(NC(C)c3ccc(F)cc3)c2c1. The number of anilines is 1. The molecule has 0 fully saturated rings. The van der Waals surface area contributed by atoms with Gasteiger partial charge in [0.1, 0.15) is 18.0 Å². The Balaban J connectivity index is 1.94. The second-order valence-corrected chi connectivity index (χ2v) is 5.16. The summed E-state index contributed by atoms with van der Waals surface area (Å²) in [6.07, 6.45) is 1.55. The van der Waals surface area contributed by atoms with Crippen molar-refractivity contribution in [2.24, 2.45) is 0 Å². The minimum absolute atomic E-state index is 0.0317. The van der Waals surface area contributed by atoms with Crippen LogP contribution >= 0.6 is 0 Å². The molecule has 4 heteroatoms. The van der Waals surface area contributed by atoms with E-state index in [1.165, 1.54) is 12.1 Å². The molecule has 0 bridgehead atoms. The second kappa shape index (κ2) is 5.48. The fourth-order valence-corrected chi connectivity index (χ4v) is 2.33. The molecule has 2 aromatic carbocycles. The number of hydrogen-bond acceptors (Lipinski definition) is 3. The molecule has 3 rings (SSSR count). The second-order valence-electron chi connectivity index (χ2n) is 5.16. The van der Waals surface area contributed by atoms with Gasteiger partial charge >= 0.3 is 0 Å². The standard InChI is InChI=1S/C17H16FN3/c1-11-3-8-16-15(9-11)17(20-10-19-16)21-12(2)13-4-6-14(18)7-5-13/h3-10,12H,1-2H3,(H,19,20,21). The van der Waals surface area contributed by atoms with E-state index < -0.39 is 0 Å². The summed E-state index contributed by atoms with van der Waals surface area (Å²) in [6, 6.07) is 12.6. The number of hydrogen-bond donors (Lipinski definition) is 1. The van der Waals surface area contributed by atoms with E-state index >= 15 is 0 Å². The van der Waals surface area contributed by atoms with Crippen molar-refractivity contribution in [1.82, 2.24) is 9.97 Å². The molecule has 0 saturated carbocycles. The molecule has 0 saturated heterocycles. The number of rotatable bonds is 3. The molecule has 0 aliphatic heterocycles. The number of aryl methyl sites for hydroxylation is 1. The van der Waals surface area contributed by atoms with Crippen molar-refractivity contribution < 1.29 is 4.39 Å². The zero-order chi connectivity index (χ0) is 14.8. The lowest BCUT2D eigenvalue weighted by molar-refractivity contribution is 0.626. The summed E-state index contributed by atoms with van der Waals surface area (Å²) in [7, 11) is 0. The Morgan fingerprint density at radius 1 is 1.05 bits per heavy atom. The van der Waals surface area contributed by atoms with Crippen LogP contribution in [0.1, 0.15) is 24.1 Å². The van der Waals surface area contributed by atoms with Crippen molar-refractivity contribution in [3.8, 4) is 0 Å². The third-order valence-corrected chi connectivity index (χ3v) is 3.51. The van der Waals surface area contributed by atoms with Crippen LogP contribution in [0.2, 0.25) is 0 Å². The monoisotopic (exact) mass is 281 g/mol. The van der Waals surface area contributed by atoms with Crippen LogP contribution in [0.4, 0.5) is 10.2 Å². The highest BCUT2D eigenvalue weighted by atomic mass is 19.1. The number of fused-ring (bicyclic) bond motifs is 1. The Labute approximate surface area is 122 Å². The van der Waals surface area contributed by atoms with Gasteiger partial charge in [0.05, 0.1) is 5.52 Å². The average molecular weight is 281 g/mol. The minimum Gasteiger partial charge on any atom is -0.363 e. The third kappa shape index (κ3) is 2.84. The maximum Gasteiger partial charge on any atom is 0.137 e. The van der Waals surface area contributed by atoms with Gasteiger partial charge in [-0.3, -0.25) is 0 Å². The summed E-state index contributed by atoms with van der Waals surface area (Å²) in [5.41, 5.74) is 3.08. The van der Waals surface area contributed by atoms with E-state index in [2.05, 4.69) is 21.4 Å². The summed E-state index contributed by atoms with van der Waals surface area (Å²) in [4.78, 5) is 8.61. The summed E-state index contributed by atoms with van der Waals surface area (Å²) in [5.74, 6) is 0.564. The molecule has 0 aliphatic rings. The van der Waals surface area contributed by atoms with Crippen molar-refractivity contribution in [3.63, 3.8) is 0 Å². The fourth-order valence-electron chi connectivity index (χ4n) is 2.33. The highest BCUT2D eigenvalue weighted by molar-refractivity contribution is 5.89. The predicted octanol–water partition coefficient (Wildman–Crippen LogP) is 4.25. The topological polar surface area (TPSA) is 37.8 Å². The molecule has 0 amide bonds. The molecule has 1 N–H and O–H groups in total. The van der Waals surface area contributed by atoms with E-state index in [1.54, 1.807) is 18.5 Å². The highest BCUT2D eigenvalue weighted by Crippen LogP contribution is 2.24. The van der Waals surface area contributed by atoms with Gasteiger partial charge in [0.2, 0.25) is 0 Å². The van der Waals surface area contributed by atoms with Crippen LogP contribution in [-0.2, 0) is 0 Å². The number of nitrogens with one attached hydrogen (secondary N) is 1. The molecule has 0 aliphatic carbocycles. The lowest BCUT2D eigenvalue weighted by Gasteiger charge is -2.16. The first kappa shape index (κ1) is 13.5. The molecule has 1 atom stereocenters. The van der Waals surface area contributed by atoms with Crippen molar-refractivity contribution in [3.05, 3.63) is 65.7 Å². The van der Waals surface area contributed by atoms with Gasteiger partial charge in [-0.1, -0.05) is 23.8 Å². The quantitative estimate of drug-likeness (QED) is 0.780. The number of nitrogens with zero attached hydrogens (tertiary/aromatic N) is 2. The normalized spacial score (nSPS) is 12.3. The molecule has 21 heavy (non-hydrogen) atoms. The minimum atomic E-state index is -0.228. The molecular weight excluding hydrogens is 265 g/mol. The van der Waals surface area contributed by atoms with Gasteiger partial charge in [0.15, 0.2) is 0 Å². The Morgan fingerprint density at radius 2 is 1.81 bits per heavy atom. The van der Waals surface area contributed by atoms with Gasteiger partial charge in [-0.05, 0) is 43.7 Å². The van der Waals surface area contributed by atoms with Crippen LogP contribution in [0, 0.1) is 12.7 Å². The van der Waals surface area contributed by atoms with Crippen molar-refractivity contribution >= 4 is 16.7 Å². The Bertz CT molecular complexity index is 769. The van der Waals surface area contributed by atoms with E-state index in [1.807, 2.05) is 26.0 Å². The Hall–Kier alpha value is -2.49. The first-order valence-corrected chi connectivity index (χ1v) is 6.87. The van der Waals surface area contributed by atoms with E-state index in [0.29, 0.717) is 0 Å². The van der Waals surface area contributed by atoms with Gasteiger partial charge in [-0.15, -0.1) is 0 Å². The number of aromatic nitrogens is 2. The molecule has 106 valence electrons. The van der Waals surface area contributed by atoms with Crippen molar-refractivity contribution in [2.75, 3.05) is 5.32 Å². The van der Waals surface area contributed by atoms with Crippen LogP contribution in [0.25, 0.3) is 10.9 Å². The average Bonchev–Trinajstić information content (AvgIpc) is 2.48. The highest BCUT2D eigenvalue weighted by Gasteiger charge is 2.09. The van der Waals surface area contributed by atoms with Crippen molar-refractivity contribution in [1.29, 1.82) is 0 Å². The molecule has 0 spiro atoms. The zero-order valence-electron chi connectivity index (χ0n) is 12.0. The molecule has 1 heterocycles. The van der Waals surface area contributed by atoms with Crippen LogP contribution < -0.4 is 5.32 Å². The zero-order valence-corrected chi connectivity index (χ0v) is 12.0. The maximum atomic E-state index is 13.0. The van der Waals surface area contributed by atoms with Gasteiger partial charge in [0.25, 0.3) is 0 Å². The van der Waals surface area contributed by atoms with Crippen LogP contribution in [0.15, 0.2) is 48.8 Å². The lowest BCUT2D eigenvalue weighted by atomic mass is 10.1. The van der Waals surface area contributed by atoms with Gasteiger partial charge in [-0.25, -0.2) is 14.4 Å². The Kier molecular flexibility index (Phi) is 3.52. The maximum absolute atomic E-state index is 13.0. The fraction of sp³-hybridized carbons (Fsp3) is 0.176. The largest absolute Gasteiger partial charge is 0.363 e. The smallest absolute Gasteiger partial charge is 0.137 e. The van der Waals surface area contributed by atoms with Gasteiger partial charge < -0.3 is 5.32 Å². The van der Waals surface area contributed by atoms with E-state index in [0.717, 1.165) is 27.8 Å². The number of benzene rings is 2.